The normalized spacial score (nSPS) is 11.9. The fourth-order valence-corrected chi connectivity index (χ4v) is 2.27. The number of hydrogen-bond acceptors (Lipinski definition) is 6. The van der Waals surface area contributed by atoms with Gasteiger partial charge in [-0.15, -0.1) is 0 Å². The van der Waals surface area contributed by atoms with Crippen molar-refractivity contribution in [2.45, 2.75) is 17.7 Å². The number of nitrogen functional groups attached to an aromatic ring is 1. The monoisotopic (exact) mass is 273 g/mol. The topological polar surface area (TPSA) is 101 Å². The first-order valence-electron chi connectivity index (χ1n) is 5.64. The summed E-state index contributed by atoms with van der Waals surface area (Å²) in [6, 6.07) is 0. The molecule has 1 aromatic rings. The lowest BCUT2D eigenvalue weighted by Gasteiger charge is -2.09. The molecule has 0 saturated carbocycles. The molecule has 0 bridgehead atoms. The van der Waals surface area contributed by atoms with Crippen molar-refractivity contribution in [2.24, 2.45) is 0 Å². The zero-order chi connectivity index (χ0) is 13.6. The van der Waals surface area contributed by atoms with Crippen molar-refractivity contribution >= 4 is 16.0 Å². The van der Waals surface area contributed by atoms with Crippen LogP contribution in [-0.2, 0) is 10.0 Å². The van der Waals surface area contributed by atoms with Gasteiger partial charge < -0.3 is 10.6 Å². The summed E-state index contributed by atoms with van der Waals surface area (Å²) in [5.41, 5.74) is 5.30. The first-order chi connectivity index (χ1) is 8.42. The number of nitrogens with zero attached hydrogens (tertiary/aromatic N) is 3. The smallest absolute Gasteiger partial charge is 0.243 e. The molecule has 0 aliphatic rings. The second-order valence-electron chi connectivity index (χ2n) is 4.19. The number of anilines is 1. The predicted molar refractivity (Wildman–Crippen MR) is 69.4 cm³/mol. The van der Waals surface area contributed by atoms with Gasteiger partial charge in [0.15, 0.2) is 0 Å². The van der Waals surface area contributed by atoms with Crippen molar-refractivity contribution in [3.05, 3.63) is 12.4 Å². The molecule has 0 saturated heterocycles. The first-order valence-corrected chi connectivity index (χ1v) is 7.12. The molecule has 8 heteroatoms. The Bertz CT molecular complexity index is 458. The zero-order valence-electron chi connectivity index (χ0n) is 10.6. The van der Waals surface area contributed by atoms with E-state index in [9.17, 15) is 8.42 Å². The van der Waals surface area contributed by atoms with E-state index in [0.29, 0.717) is 6.54 Å². The quantitative estimate of drug-likeness (QED) is 0.660. The average Bonchev–Trinajstić information content (AvgIpc) is 2.28. The minimum absolute atomic E-state index is 0.0318. The van der Waals surface area contributed by atoms with Gasteiger partial charge in [0.05, 0.1) is 12.4 Å². The van der Waals surface area contributed by atoms with Crippen molar-refractivity contribution < 1.29 is 8.42 Å². The number of nitrogens with one attached hydrogen (secondary N) is 1. The third-order valence-corrected chi connectivity index (χ3v) is 3.70. The fraction of sp³-hybridized carbons (Fsp3) is 0.600. The van der Waals surface area contributed by atoms with Crippen LogP contribution in [0.4, 0.5) is 5.95 Å². The van der Waals surface area contributed by atoms with Gasteiger partial charge in [0.25, 0.3) is 0 Å². The van der Waals surface area contributed by atoms with Gasteiger partial charge in [-0.05, 0) is 33.5 Å². The first kappa shape index (κ1) is 14.8. The summed E-state index contributed by atoms with van der Waals surface area (Å²) in [5, 5.41) is 0. The molecule has 0 atom stereocenters. The summed E-state index contributed by atoms with van der Waals surface area (Å²) in [7, 11) is 0.442. The van der Waals surface area contributed by atoms with Crippen LogP contribution in [-0.4, -0.2) is 50.5 Å². The Balaban J connectivity index is 2.43. The van der Waals surface area contributed by atoms with E-state index in [0.717, 1.165) is 19.4 Å². The molecule has 102 valence electrons. The maximum atomic E-state index is 11.8. The third kappa shape index (κ3) is 4.94. The third-order valence-electron chi connectivity index (χ3n) is 2.28. The number of rotatable bonds is 7. The lowest BCUT2D eigenvalue weighted by atomic mass is 10.3. The number of sulfonamides is 1. The van der Waals surface area contributed by atoms with Crippen LogP contribution < -0.4 is 10.5 Å². The molecular formula is C10H19N5O2S. The lowest BCUT2D eigenvalue weighted by Crippen LogP contribution is -2.26. The van der Waals surface area contributed by atoms with Crippen molar-refractivity contribution in [1.82, 2.24) is 19.6 Å². The summed E-state index contributed by atoms with van der Waals surface area (Å²) in [4.78, 5) is 9.40. The average molecular weight is 273 g/mol. The van der Waals surface area contributed by atoms with Crippen LogP contribution in [0, 0.1) is 0 Å². The van der Waals surface area contributed by atoms with Gasteiger partial charge in [0.2, 0.25) is 16.0 Å². The second kappa shape index (κ2) is 6.62. The van der Waals surface area contributed by atoms with E-state index in [4.69, 9.17) is 5.73 Å². The maximum Gasteiger partial charge on any atom is 0.243 e. The van der Waals surface area contributed by atoms with E-state index in [1.165, 1.54) is 12.4 Å². The molecule has 0 aromatic carbocycles. The van der Waals surface area contributed by atoms with Crippen LogP contribution in [0.3, 0.4) is 0 Å². The van der Waals surface area contributed by atoms with Gasteiger partial charge >= 0.3 is 0 Å². The maximum absolute atomic E-state index is 11.8. The molecule has 1 rings (SSSR count). The van der Waals surface area contributed by atoms with Crippen molar-refractivity contribution in [2.75, 3.05) is 32.9 Å². The highest BCUT2D eigenvalue weighted by atomic mass is 32.2. The van der Waals surface area contributed by atoms with Gasteiger partial charge in [0.1, 0.15) is 4.90 Å². The summed E-state index contributed by atoms with van der Waals surface area (Å²) in [6.07, 6.45) is 4.12. The summed E-state index contributed by atoms with van der Waals surface area (Å²) >= 11 is 0. The molecule has 0 unspecified atom stereocenters. The highest BCUT2D eigenvalue weighted by Crippen LogP contribution is 2.05. The molecule has 0 amide bonds. The number of hydrogen-bond donors (Lipinski definition) is 2. The van der Waals surface area contributed by atoms with Gasteiger partial charge in [-0.3, -0.25) is 0 Å². The van der Waals surface area contributed by atoms with E-state index < -0.39 is 10.0 Å². The molecule has 0 radical (unpaired) electrons. The molecule has 1 aromatic heterocycles. The molecule has 0 aliphatic heterocycles. The second-order valence-corrected chi connectivity index (χ2v) is 5.95. The van der Waals surface area contributed by atoms with Crippen LogP contribution in [0.15, 0.2) is 17.3 Å². The molecule has 3 N–H and O–H groups in total. The van der Waals surface area contributed by atoms with Crippen molar-refractivity contribution in [3.8, 4) is 0 Å². The minimum Gasteiger partial charge on any atom is -0.368 e. The summed E-state index contributed by atoms with van der Waals surface area (Å²) in [6.45, 7) is 1.34. The molecule has 0 fully saturated rings. The summed E-state index contributed by atoms with van der Waals surface area (Å²) in [5.74, 6) is 0.0555. The van der Waals surface area contributed by atoms with Crippen LogP contribution in [0.25, 0.3) is 0 Å². The SMILES string of the molecule is CN(C)CCCCNS(=O)(=O)c1cnc(N)nc1. The van der Waals surface area contributed by atoms with E-state index in [2.05, 4.69) is 19.6 Å². The Hall–Kier alpha value is -1.25. The Kier molecular flexibility index (Phi) is 5.45. The Morgan fingerprint density at radius 2 is 1.89 bits per heavy atom. The van der Waals surface area contributed by atoms with Crippen LogP contribution in [0.5, 0.6) is 0 Å². The largest absolute Gasteiger partial charge is 0.368 e. The highest BCUT2D eigenvalue weighted by molar-refractivity contribution is 7.89. The van der Waals surface area contributed by atoms with Crippen LogP contribution in [0.1, 0.15) is 12.8 Å². The standard InChI is InChI=1S/C10H19N5O2S/c1-15(2)6-4-3-5-14-18(16,17)9-7-12-10(11)13-8-9/h7-8,14H,3-6H2,1-2H3,(H2,11,12,13). The van der Waals surface area contributed by atoms with Crippen LogP contribution >= 0.6 is 0 Å². The fourth-order valence-electron chi connectivity index (χ4n) is 1.31. The number of nitrogens with two attached hydrogens (primary N) is 1. The molecule has 18 heavy (non-hydrogen) atoms. The molecule has 1 heterocycles. The molecule has 0 spiro atoms. The molecule has 0 aliphatic carbocycles. The Morgan fingerprint density at radius 1 is 1.28 bits per heavy atom. The predicted octanol–water partition coefficient (Wildman–Crippen LogP) is -0.321. The highest BCUT2D eigenvalue weighted by Gasteiger charge is 2.13. The Labute approximate surface area is 107 Å². The van der Waals surface area contributed by atoms with Crippen molar-refractivity contribution in [1.29, 1.82) is 0 Å². The van der Waals surface area contributed by atoms with Crippen molar-refractivity contribution in [3.63, 3.8) is 0 Å². The van der Waals surface area contributed by atoms with Gasteiger partial charge in [-0.2, -0.15) is 0 Å². The number of unbranched alkanes of at least 4 members (excludes halogenated alkanes) is 1. The molecule has 7 nitrogen and oxygen atoms in total. The lowest BCUT2D eigenvalue weighted by molar-refractivity contribution is 0.394. The van der Waals surface area contributed by atoms with Crippen LogP contribution in [0.2, 0.25) is 0 Å². The van der Waals surface area contributed by atoms with Gasteiger partial charge in [-0.25, -0.2) is 23.1 Å². The Morgan fingerprint density at radius 3 is 2.44 bits per heavy atom. The van der Waals surface area contributed by atoms with Gasteiger partial charge in [0, 0.05) is 6.54 Å². The van der Waals surface area contributed by atoms with E-state index >= 15 is 0 Å². The zero-order valence-corrected chi connectivity index (χ0v) is 11.4. The van der Waals surface area contributed by atoms with E-state index in [1.54, 1.807) is 0 Å². The molecular weight excluding hydrogens is 254 g/mol. The summed E-state index contributed by atoms with van der Waals surface area (Å²) < 4.78 is 26.1. The van der Waals surface area contributed by atoms with E-state index in [1.807, 2.05) is 14.1 Å². The number of aromatic nitrogens is 2. The van der Waals surface area contributed by atoms with Gasteiger partial charge in [-0.1, -0.05) is 0 Å². The minimum atomic E-state index is -3.52. The van der Waals surface area contributed by atoms with E-state index in [-0.39, 0.29) is 10.8 Å².